The molecule has 2 aliphatic rings. The first-order valence-electron chi connectivity index (χ1n) is 6.96. The van der Waals surface area contributed by atoms with E-state index in [4.69, 9.17) is 4.74 Å². The number of ether oxygens (including phenoxy) is 1. The maximum atomic E-state index is 12.6. The average molecular weight is 339 g/mol. The first-order chi connectivity index (χ1) is 9.57. The lowest BCUT2D eigenvalue weighted by molar-refractivity contribution is 0.0929. The van der Waals surface area contributed by atoms with Gasteiger partial charge in [0.05, 0.1) is 12.7 Å². The van der Waals surface area contributed by atoms with Crippen LogP contribution in [0.5, 0.6) is 5.75 Å². The molecule has 1 aliphatic heterocycles. The molecule has 1 aromatic carbocycles. The van der Waals surface area contributed by atoms with Gasteiger partial charge in [0.25, 0.3) is 5.91 Å². The molecule has 3 rings (SSSR count). The molecule has 0 radical (unpaired) electrons. The zero-order chi connectivity index (χ0) is 14.3. The number of hydrogen-bond acceptors (Lipinski definition) is 3. The van der Waals surface area contributed by atoms with Crippen LogP contribution < -0.4 is 15.4 Å². The topological polar surface area (TPSA) is 50.4 Å². The summed E-state index contributed by atoms with van der Waals surface area (Å²) in [6, 6.07) is 3.98. The van der Waals surface area contributed by atoms with Crippen LogP contribution >= 0.6 is 15.9 Å². The van der Waals surface area contributed by atoms with Gasteiger partial charge < -0.3 is 15.4 Å². The van der Waals surface area contributed by atoms with E-state index in [1.54, 1.807) is 7.11 Å². The molecule has 20 heavy (non-hydrogen) atoms. The lowest BCUT2D eigenvalue weighted by Gasteiger charge is -2.21. The minimum atomic E-state index is -0.0201. The van der Waals surface area contributed by atoms with Gasteiger partial charge in [0, 0.05) is 21.6 Å². The normalized spacial score (nSPS) is 22.9. The van der Waals surface area contributed by atoms with Crippen molar-refractivity contribution < 1.29 is 9.53 Å². The van der Waals surface area contributed by atoms with Crippen LogP contribution in [0.1, 0.15) is 35.2 Å². The Balaban J connectivity index is 1.84. The van der Waals surface area contributed by atoms with Crippen molar-refractivity contribution in [3.63, 3.8) is 0 Å². The fraction of sp³-hybridized carbons (Fsp3) is 0.533. The van der Waals surface area contributed by atoms with E-state index in [1.807, 2.05) is 19.1 Å². The number of rotatable bonds is 3. The summed E-state index contributed by atoms with van der Waals surface area (Å²) in [6.45, 7) is 2.90. The summed E-state index contributed by atoms with van der Waals surface area (Å²) in [4.78, 5) is 12.6. The number of carbonyl (C=O) groups excluding carboxylic acids is 1. The van der Waals surface area contributed by atoms with Crippen LogP contribution in [0.3, 0.4) is 0 Å². The Bertz CT molecular complexity index is 555. The fourth-order valence-electron chi connectivity index (χ4n) is 3.12. The van der Waals surface area contributed by atoms with Crippen LogP contribution in [0.4, 0.5) is 0 Å². The average Bonchev–Trinajstić information content (AvgIpc) is 3.08. The van der Waals surface area contributed by atoms with Crippen molar-refractivity contribution in [1.82, 2.24) is 10.6 Å². The van der Waals surface area contributed by atoms with E-state index in [0.29, 0.717) is 5.56 Å². The predicted molar refractivity (Wildman–Crippen MR) is 81.3 cm³/mol. The molecule has 2 fully saturated rings. The summed E-state index contributed by atoms with van der Waals surface area (Å²) in [5, 5.41) is 6.71. The summed E-state index contributed by atoms with van der Waals surface area (Å²) in [5.74, 6) is 0.720. The zero-order valence-electron chi connectivity index (χ0n) is 11.8. The summed E-state index contributed by atoms with van der Waals surface area (Å²) >= 11 is 3.47. The molecule has 1 saturated heterocycles. The van der Waals surface area contributed by atoms with Crippen molar-refractivity contribution in [3.05, 3.63) is 27.7 Å². The van der Waals surface area contributed by atoms with Crippen molar-refractivity contribution in [2.75, 3.05) is 13.7 Å². The van der Waals surface area contributed by atoms with Crippen molar-refractivity contribution in [2.24, 2.45) is 0 Å². The van der Waals surface area contributed by atoms with Crippen LogP contribution in [0.15, 0.2) is 16.6 Å². The largest absolute Gasteiger partial charge is 0.496 e. The van der Waals surface area contributed by atoms with Gasteiger partial charge in [0.2, 0.25) is 0 Å². The minimum Gasteiger partial charge on any atom is -0.496 e. The Morgan fingerprint density at radius 1 is 1.50 bits per heavy atom. The van der Waals surface area contributed by atoms with E-state index in [9.17, 15) is 4.79 Å². The second kappa shape index (κ2) is 5.04. The number of amides is 1. The zero-order valence-corrected chi connectivity index (χ0v) is 13.3. The van der Waals surface area contributed by atoms with Crippen LogP contribution in [0.25, 0.3) is 0 Å². The molecular formula is C15H19BrN2O2. The highest BCUT2D eigenvalue weighted by atomic mass is 79.9. The predicted octanol–water partition coefficient (Wildman–Crippen LogP) is 2.39. The summed E-state index contributed by atoms with van der Waals surface area (Å²) in [6.07, 6.45) is 3.33. The molecule has 1 spiro atoms. The Labute approximate surface area is 127 Å². The third-order valence-electron chi connectivity index (χ3n) is 4.48. The summed E-state index contributed by atoms with van der Waals surface area (Å²) < 4.78 is 6.11. The van der Waals surface area contributed by atoms with Crippen LogP contribution in [0.2, 0.25) is 0 Å². The molecule has 1 aromatic rings. The number of carbonyl (C=O) groups is 1. The number of methoxy groups -OCH3 is 1. The van der Waals surface area contributed by atoms with Gasteiger partial charge in [0.15, 0.2) is 0 Å². The van der Waals surface area contributed by atoms with Gasteiger partial charge in [-0.1, -0.05) is 0 Å². The number of hydrogen-bond donors (Lipinski definition) is 2. The van der Waals surface area contributed by atoms with E-state index < -0.39 is 0 Å². The van der Waals surface area contributed by atoms with E-state index in [2.05, 4.69) is 26.6 Å². The lowest BCUT2D eigenvalue weighted by atomic mass is 10.0. The van der Waals surface area contributed by atoms with Gasteiger partial charge in [-0.15, -0.1) is 0 Å². The van der Waals surface area contributed by atoms with Gasteiger partial charge in [-0.2, -0.15) is 0 Å². The van der Waals surface area contributed by atoms with E-state index in [1.165, 1.54) is 0 Å². The van der Waals surface area contributed by atoms with E-state index >= 15 is 0 Å². The van der Waals surface area contributed by atoms with Crippen LogP contribution in [-0.2, 0) is 0 Å². The molecule has 2 N–H and O–H groups in total. The third kappa shape index (κ3) is 2.23. The molecule has 1 unspecified atom stereocenters. The molecule has 1 atom stereocenters. The second-order valence-electron chi connectivity index (χ2n) is 5.65. The molecule has 1 saturated carbocycles. The Morgan fingerprint density at radius 3 is 2.90 bits per heavy atom. The number of benzene rings is 1. The highest BCUT2D eigenvalue weighted by molar-refractivity contribution is 9.10. The van der Waals surface area contributed by atoms with Crippen molar-refractivity contribution in [3.8, 4) is 5.75 Å². The number of nitrogens with one attached hydrogen (secondary N) is 2. The van der Waals surface area contributed by atoms with Gasteiger partial charge in [0.1, 0.15) is 5.75 Å². The standard InChI is InChI=1S/C15H19BrN2O2/c1-9-11(20-2)4-3-10(16)13(9)14(19)18-12-5-8-17-15(12)6-7-15/h3-4,12,17H,5-8H2,1-2H3,(H,18,19). The molecule has 1 heterocycles. The van der Waals surface area contributed by atoms with Crippen LogP contribution in [-0.4, -0.2) is 31.1 Å². The maximum Gasteiger partial charge on any atom is 0.253 e. The molecule has 108 valence electrons. The molecule has 0 aromatic heterocycles. The first kappa shape index (κ1) is 13.9. The molecule has 1 amide bonds. The summed E-state index contributed by atoms with van der Waals surface area (Å²) in [7, 11) is 1.62. The highest BCUT2D eigenvalue weighted by Crippen LogP contribution is 2.43. The Hall–Kier alpha value is -1.07. The highest BCUT2D eigenvalue weighted by Gasteiger charge is 2.52. The minimum absolute atomic E-state index is 0.0201. The fourth-order valence-corrected chi connectivity index (χ4v) is 3.73. The number of halogens is 1. The monoisotopic (exact) mass is 338 g/mol. The smallest absolute Gasteiger partial charge is 0.253 e. The molecular weight excluding hydrogens is 320 g/mol. The van der Waals surface area contributed by atoms with Crippen molar-refractivity contribution >= 4 is 21.8 Å². The third-order valence-corrected chi connectivity index (χ3v) is 5.14. The summed E-state index contributed by atoms with van der Waals surface area (Å²) in [5.41, 5.74) is 1.72. The van der Waals surface area contributed by atoms with Gasteiger partial charge in [-0.3, -0.25) is 4.79 Å². The molecule has 1 aliphatic carbocycles. The SMILES string of the molecule is COc1ccc(Br)c(C(=O)NC2CCNC23CC3)c1C. The molecule has 0 bridgehead atoms. The Kier molecular flexibility index (Phi) is 3.50. The second-order valence-corrected chi connectivity index (χ2v) is 6.50. The molecule has 4 nitrogen and oxygen atoms in total. The van der Waals surface area contributed by atoms with E-state index in [-0.39, 0.29) is 17.5 Å². The first-order valence-corrected chi connectivity index (χ1v) is 7.76. The van der Waals surface area contributed by atoms with E-state index in [0.717, 1.165) is 41.6 Å². The Morgan fingerprint density at radius 2 is 2.25 bits per heavy atom. The van der Waals surface area contributed by atoms with Crippen molar-refractivity contribution in [2.45, 2.75) is 37.8 Å². The van der Waals surface area contributed by atoms with Gasteiger partial charge in [-0.25, -0.2) is 0 Å². The van der Waals surface area contributed by atoms with Gasteiger partial charge in [-0.05, 0) is 60.8 Å². The quantitative estimate of drug-likeness (QED) is 0.889. The lowest BCUT2D eigenvalue weighted by Crippen LogP contribution is -2.45. The van der Waals surface area contributed by atoms with Gasteiger partial charge >= 0.3 is 0 Å². The maximum absolute atomic E-state index is 12.6. The van der Waals surface area contributed by atoms with Crippen molar-refractivity contribution in [1.29, 1.82) is 0 Å². The molecule has 5 heteroatoms. The van der Waals surface area contributed by atoms with Crippen LogP contribution in [0, 0.1) is 6.92 Å².